The lowest BCUT2D eigenvalue weighted by molar-refractivity contribution is 0.600. The van der Waals surface area contributed by atoms with Crippen molar-refractivity contribution in [1.82, 2.24) is 0 Å². The molecule has 0 spiro atoms. The first-order valence-electron chi connectivity index (χ1n) is 1.93. The van der Waals surface area contributed by atoms with Crippen LogP contribution in [0, 0.1) is 0 Å². The standard InChI is InChI=1S/C4H5NOSi/c5-7-4-2-1-3-6-4/h1-3H,5H2. The fraction of sp³-hybridized carbons (Fsp3) is 0. The highest BCUT2D eigenvalue weighted by atomic mass is 28.2. The molecule has 1 aromatic rings. The van der Waals surface area contributed by atoms with Crippen molar-refractivity contribution in [2.45, 2.75) is 0 Å². The van der Waals surface area contributed by atoms with Gasteiger partial charge in [-0.25, -0.2) is 0 Å². The predicted octanol–water partition coefficient (Wildman–Crippen LogP) is -0.517. The molecular weight excluding hydrogens is 106 g/mol. The molecular formula is C4H5NOSi. The molecule has 2 N–H and O–H groups in total. The Morgan fingerprint density at radius 1 is 1.71 bits per heavy atom. The van der Waals surface area contributed by atoms with Gasteiger partial charge in [0, 0.05) is 0 Å². The van der Waals surface area contributed by atoms with E-state index in [0.717, 1.165) is 5.38 Å². The quantitative estimate of drug-likeness (QED) is 0.495. The Morgan fingerprint density at radius 2 is 2.57 bits per heavy atom. The average Bonchev–Trinajstić information content (AvgIpc) is 2.14. The first kappa shape index (κ1) is 4.61. The van der Waals surface area contributed by atoms with Crippen LogP contribution in [0.15, 0.2) is 22.8 Å². The largest absolute Gasteiger partial charge is 0.473 e. The molecule has 0 aliphatic heterocycles. The van der Waals surface area contributed by atoms with Gasteiger partial charge in [0.05, 0.1) is 11.6 Å². The van der Waals surface area contributed by atoms with Crippen molar-refractivity contribution < 1.29 is 4.42 Å². The summed E-state index contributed by atoms with van der Waals surface area (Å²) in [5.74, 6) is 0. The Morgan fingerprint density at radius 3 is 2.86 bits per heavy atom. The molecule has 7 heavy (non-hydrogen) atoms. The summed E-state index contributed by atoms with van der Waals surface area (Å²) < 4.78 is 4.87. The summed E-state index contributed by atoms with van der Waals surface area (Å²) in [7, 11) is 0.288. The van der Waals surface area contributed by atoms with E-state index in [9.17, 15) is 0 Å². The second-order valence-electron chi connectivity index (χ2n) is 1.12. The zero-order chi connectivity index (χ0) is 5.11. The summed E-state index contributed by atoms with van der Waals surface area (Å²) >= 11 is 0. The van der Waals surface area contributed by atoms with Gasteiger partial charge < -0.3 is 9.82 Å². The van der Waals surface area contributed by atoms with Gasteiger partial charge >= 0.3 is 0 Å². The lowest BCUT2D eigenvalue weighted by atomic mass is 10.7. The van der Waals surface area contributed by atoms with Crippen molar-refractivity contribution in [3.8, 4) is 0 Å². The van der Waals surface area contributed by atoms with Gasteiger partial charge in [0.15, 0.2) is 0 Å². The lowest BCUT2D eigenvalue weighted by Gasteiger charge is -1.77. The minimum atomic E-state index is 0.288. The van der Waals surface area contributed by atoms with Gasteiger partial charge in [-0.15, -0.1) is 0 Å². The van der Waals surface area contributed by atoms with E-state index < -0.39 is 0 Å². The summed E-state index contributed by atoms with van der Waals surface area (Å²) in [6.45, 7) is 0. The van der Waals surface area contributed by atoms with Crippen LogP contribution >= 0.6 is 0 Å². The van der Waals surface area contributed by atoms with Gasteiger partial charge in [0.2, 0.25) is 9.68 Å². The third-order valence-electron chi connectivity index (χ3n) is 0.663. The van der Waals surface area contributed by atoms with Crippen LogP contribution in [0.3, 0.4) is 0 Å². The Hall–Kier alpha value is -0.543. The molecule has 1 aromatic heterocycles. The highest BCUT2D eigenvalue weighted by molar-refractivity contribution is 6.48. The van der Waals surface area contributed by atoms with Crippen molar-refractivity contribution in [1.29, 1.82) is 0 Å². The first-order chi connectivity index (χ1) is 3.43. The zero-order valence-electron chi connectivity index (χ0n) is 3.72. The van der Waals surface area contributed by atoms with E-state index in [1.54, 1.807) is 6.26 Å². The van der Waals surface area contributed by atoms with Crippen LogP contribution in [0.2, 0.25) is 0 Å². The number of furan rings is 1. The fourth-order valence-corrected chi connectivity index (χ4v) is 0.689. The molecule has 0 saturated carbocycles. The highest BCUT2D eigenvalue weighted by Gasteiger charge is 1.87. The van der Waals surface area contributed by atoms with Gasteiger partial charge in [-0.05, 0) is 12.1 Å². The van der Waals surface area contributed by atoms with Crippen LogP contribution < -0.4 is 10.8 Å². The average molecular weight is 111 g/mol. The molecule has 0 fully saturated rings. The topological polar surface area (TPSA) is 39.2 Å². The fourth-order valence-electron chi connectivity index (χ4n) is 0.361. The van der Waals surface area contributed by atoms with E-state index in [4.69, 9.17) is 9.82 Å². The van der Waals surface area contributed by atoms with Crippen LogP contribution in [-0.2, 0) is 0 Å². The van der Waals surface area contributed by atoms with E-state index in [1.165, 1.54) is 0 Å². The van der Waals surface area contributed by atoms with E-state index >= 15 is 0 Å². The Labute approximate surface area is 44.2 Å². The molecule has 0 unspecified atom stereocenters. The van der Waals surface area contributed by atoms with Crippen LogP contribution in [0.5, 0.6) is 0 Å². The number of hydrogen-bond donors (Lipinski definition) is 1. The van der Waals surface area contributed by atoms with Crippen LogP contribution in [0.4, 0.5) is 0 Å². The molecule has 0 bridgehead atoms. The van der Waals surface area contributed by atoms with Crippen LogP contribution in [-0.4, -0.2) is 9.68 Å². The van der Waals surface area contributed by atoms with Crippen molar-refractivity contribution >= 4 is 15.1 Å². The van der Waals surface area contributed by atoms with E-state index in [1.807, 2.05) is 12.1 Å². The number of nitrogens with two attached hydrogens (primary N) is 1. The zero-order valence-corrected chi connectivity index (χ0v) is 4.72. The van der Waals surface area contributed by atoms with Gasteiger partial charge in [-0.1, -0.05) is 0 Å². The maximum Gasteiger partial charge on any atom is 0.227 e. The molecule has 0 aliphatic carbocycles. The van der Waals surface area contributed by atoms with Crippen LogP contribution in [0.25, 0.3) is 0 Å². The van der Waals surface area contributed by atoms with E-state index in [-0.39, 0.29) is 9.68 Å². The monoisotopic (exact) mass is 111 g/mol. The summed E-state index contributed by atoms with van der Waals surface area (Å²) in [6.07, 6.45) is 1.62. The molecule has 2 radical (unpaired) electrons. The molecule has 1 heterocycles. The lowest BCUT2D eigenvalue weighted by Crippen LogP contribution is -2.20. The van der Waals surface area contributed by atoms with Gasteiger partial charge in [-0.2, -0.15) is 0 Å². The SMILES string of the molecule is N[Si]c1ccco1. The van der Waals surface area contributed by atoms with E-state index in [2.05, 4.69) is 0 Å². The van der Waals surface area contributed by atoms with Crippen molar-refractivity contribution in [2.75, 3.05) is 0 Å². The summed E-state index contributed by atoms with van der Waals surface area (Å²) in [5.41, 5.74) is 0. The van der Waals surface area contributed by atoms with Gasteiger partial charge in [0.1, 0.15) is 0 Å². The Kier molecular flexibility index (Phi) is 1.28. The van der Waals surface area contributed by atoms with Crippen molar-refractivity contribution in [3.63, 3.8) is 0 Å². The molecule has 36 valence electrons. The molecule has 0 atom stereocenters. The molecule has 2 nitrogen and oxygen atoms in total. The molecule has 1 rings (SSSR count). The molecule has 0 amide bonds. The third kappa shape index (κ3) is 0.912. The summed E-state index contributed by atoms with van der Waals surface area (Å²) in [6, 6.07) is 3.69. The Balaban J connectivity index is 2.76. The number of rotatable bonds is 1. The van der Waals surface area contributed by atoms with E-state index in [0.29, 0.717) is 0 Å². The predicted molar refractivity (Wildman–Crippen MR) is 28.3 cm³/mol. The first-order valence-corrected chi connectivity index (χ1v) is 3.01. The smallest absolute Gasteiger partial charge is 0.227 e. The highest BCUT2D eigenvalue weighted by Crippen LogP contribution is 1.77. The minimum Gasteiger partial charge on any atom is -0.473 e. The third-order valence-corrected chi connectivity index (χ3v) is 1.23. The summed E-state index contributed by atoms with van der Waals surface area (Å²) in [4.78, 5) is 0. The molecule has 0 aromatic carbocycles. The van der Waals surface area contributed by atoms with Crippen molar-refractivity contribution in [2.24, 2.45) is 5.40 Å². The second-order valence-corrected chi connectivity index (χ2v) is 1.90. The summed E-state index contributed by atoms with van der Waals surface area (Å²) in [5, 5.41) is 6.09. The van der Waals surface area contributed by atoms with Crippen LogP contribution in [0.1, 0.15) is 0 Å². The second kappa shape index (κ2) is 1.95. The van der Waals surface area contributed by atoms with Gasteiger partial charge in [-0.3, -0.25) is 0 Å². The van der Waals surface area contributed by atoms with Crippen molar-refractivity contribution in [3.05, 3.63) is 18.4 Å². The Bertz CT molecular complexity index is 126. The molecule has 0 aliphatic rings. The normalized spacial score (nSPS) is 9.29. The van der Waals surface area contributed by atoms with Gasteiger partial charge in [0.25, 0.3) is 0 Å². The minimum absolute atomic E-state index is 0.288. The maximum atomic E-state index is 5.23. The maximum absolute atomic E-state index is 5.23. The molecule has 3 heteroatoms. The molecule has 0 saturated heterocycles. The number of hydrogen-bond acceptors (Lipinski definition) is 2.